The number of halogens is 3. The lowest BCUT2D eigenvalue weighted by molar-refractivity contribution is 0.453. The third kappa shape index (κ3) is 2.86. The van der Waals surface area contributed by atoms with Crippen molar-refractivity contribution in [1.29, 1.82) is 0 Å². The van der Waals surface area contributed by atoms with E-state index in [1.807, 2.05) is 6.92 Å². The smallest absolute Gasteiger partial charge is 0.228 e. The standard InChI is InChI=1S/C12H9Cl3N2O/c1-7-4-8(14)2-3-10(7)18-12-9(5-13)11(15)16-6-17-12/h2-4,6H,5H2,1H3. The van der Waals surface area contributed by atoms with Crippen molar-refractivity contribution in [2.45, 2.75) is 12.8 Å². The van der Waals surface area contributed by atoms with E-state index in [0.29, 0.717) is 27.4 Å². The molecule has 2 aromatic rings. The first-order valence-electron chi connectivity index (χ1n) is 5.11. The predicted octanol–water partition coefficient (Wildman–Crippen LogP) is 4.62. The molecule has 6 heteroatoms. The van der Waals surface area contributed by atoms with Gasteiger partial charge in [0, 0.05) is 5.02 Å². The molecule has 0 N–H and O–H groups in total. The predicted molar refractivity (Wildman–Crippen MR) is 72.9 cm³/mol. The number of alkyl halides is 1. The molecule has 0 saturated carbocycles. The molecular formula is C12H9Cl3N2O. The van der Waals surface area contributed by atoms with Crippen molar-refractivity contribution in [3.05, 3.63) is 45.8 Å². The van der Waals surface area contributed by atoms with Gasteiger partial charge in [0.15, 0.2) is 0 Å². The monoisotopic (exact) mass is 302 g/mol. The number of ether oxygens (including phenoxy) is 1. The summed E-state index contributed by atoms with van der Waals surface area (Å²) >= 11 is 17.6. The van der Waals surface area contributed by atoms with Crippen LogP contribution in [0.5, 0.6) is 11.6 Å². The normalized spacial score (nSPS) is 10.4. The molecule has 0 unspecified atom stereocenters. The molecule has 0 aliphatic rings. The van der Waals surface area contributed by atoms with E-state index < -0.39 is 0 Å². The van der Waals surface area contributed by atoms with Crippen molar-refractivity contribution >= 4 is 34.8 Å². The van der Waals surface area contributed by atoms with E-state index in [1.165, 1.54) is 6.33 Å². The Morgan fingerprint density at radius 1 is 1.22 bits per heavy atom. The molecule has 0 aliphatic heterocycles. The minimum Gasteiger partial charge on any atom is -0.438 e. The van der Waals surface area contributed by atoms with Crippen molar-refractivity contribution < 1.29 is 4.74 Å². The number of nitrogens with zero attached hydrogens (tertiary/aromatic N) is 2. The Bertz CT molecular complexity index is 575. The van der Waals surface area contributed by atoms with Crippen LogP contribution in [0.3, 0.4) is 0 Å². The molecular weight excluding hydrogens is 295 g/mol. The molecule has 2 rings (SSSR count). The topological polar surface area (TPSA) is 35.0 Å². The van der Waals surface area contributed by atoms with Crippen LogP contribution in [0.4, 0.5) is 0 Å². The molecule has 0 fully saturated rings. The third-order valence-electron chi connectivity index (χ3n) is 2.33. The van der Waals surface area contributed by atoms with Gasteiger partial charge in [-0.15, -0.1) is 11.6 Å². The summed E-state index contributed by atoms with van der Waals surface area (Å²) in [6, 6.07) is 5.32. The van der Waals surface area contributed by atoms with E-state index in [4.69, 9.17) is 39.5 Å². The van der Waals surface area contributed by atoms with E-state index in [2.05, 4.69) is 9.97 Å². The second-order valence-corrected chi connectivity index (χ2v) is 4.66. The molecule has 0 radical (unpaired) electrons. The Morgan fingerprint density at radius 3 is 2.67 bits per heavy atom. The van der Waals surface area contributed by atoms with Gasteiger partial charge in [-0.3, -0.25) is 0 Å². The first-order chi connectivity index (χ1) is 8.61. The van der Waals surface area contributed by atoms with Crippen LogP contribution in [-0.2, 0) is 5.88 Å². The van der Waals surface area contributed by atoms with Gasteiger partial charge in [0.2, 0.25) is 5.88 Å². The Morgan fingerprint density at radius 2 is 2.00 bits per heavy atom. The highest BCUT2D eigenvalue weighted by Gasteiger charge is 2.12. The maximum atomic E-state index is 5.92. The van der Waals surface area contributed by atoms with Gasteiger partial charge in [-0.25, -0.2) is 9.97 Å². The van der Waals surface area contributed by atoms with E-state index in [-0.39, 0.29) is 5.88 Å². The molecule has 1 aromatic heterocycles. The van der Waals surface area contributed by atoms with Gasteiger partial charge in [-0.1, -0.05) is 23.2 Å². The summed E-state index contributed by atoms with van der Waals surface area (Å²) < 4.78 is 5.69. The largest absolute Gasteiger partial charge is 0.438 e. The lowest BCUT2D eigenvalue weighted by Crippen LogP contribution is -1.97. The van der Waals surface area contributed by atoms with Crippen molar-refractivity contribution in [2.75, 3.05) is 0 Å². The van der Waals surface area contributed by atoms with E-state index in [1.54, 1.807) is 18.2 Å². The van der Waals surface area contributed by atoms with Crippen molar-refractivity contribution in [3.63, 3.8) is 0 Å². The van der Waals surface area contributed by atoms with E-state index >= 15 is 0 Å². The van der Waals surface area contributed by atoms with Crippen LogP contribution in [-0.4, -0.2) is 9.97 Å². The Kier molecular flexibility index (Phi) is 4.27. The van der Waals surface area contributed by atoms with Crippen LogP contribution < -0.4 is 4.74 Å². The summed E-state index contributed by atoms with van der Waals surface area (Å²) in [5.41, 5.74) is 1.47. The zero-order chi connectivity index (χ0) is 13.1. The zero-order valence-electron chi connectivity index (χ0n) is 9.45. The molecule has 0 spiro atoms. The second kappa shape index (κ2) is 5.74. The molecule has 18 heavy (non-hydrogen) atoms. The fourth-order valence-corrected chi connectivity index (χ4v) is 2.14. The minimum absolute atomic E-state index is 0.182. The van der Waals surface area contributed by atoms with Crippen molar-refractivity contribution in [1.82, 2.24) is 9.97 Å². The van der Waals surface area contributed by atoms with Crippen LogP contribution in [0.15, 0.2) is 24.5 Å². The first-order valence-corrected chi connectivity index (χ1v) is 6.40. The molecule has 3 nitrogen and oxygen atoms in total. The van der Waals surface area contributed by atoms with Gasteiger partial charge in [0.1, 0.15) is 17.2 Å². The van der Waals surface area contributed by atoms with Gasteiger partial charge in [-0.2, -0.15) is 0 Å². The SMILES string of the molecule is Cc1cc(Cl)ccc1Oc1ncnc(Cl)c1CCl. The van der Waals surface area contributed by atoms with E-state index in [0.717, 1.165) is 5.56 Å². The fraction of sp³-hybridized carbons (Fsp3) is 0.167. The fourth-order valence-electron chi connectivity index (χ4n) is 1.41. The van der Waals surface area contributed by atoms with Gasteiger partial charge in [0.25, 0.3) is 0 Å². The lowest BCUT2D eigenvalue weighted by atomic mass is 10.2. The van der Waals surface area contributed by atoms with Crippen LogP contribution in [0, 0.1) is 6.92 Å². The number of benzene rings is 1. The highest BCUT2D eigenvalue weighted by atomic mass is 35.5. The Hall–Kier alpha value is -1.03. The molecule has 0 atom stereocenters. The molecule has 0 aliphatic carbocycles. The van der Waals surface area contributed by atoms with Crippen LogP contribution in [0.1, 0.15) is 11.1 Å². The number of aryl methyl sites for hydroxylation is 1. The maximum absolute atomic E-state index is 5.92. The van der Waals surface area contributed by atoms with E-state index in [9.17, 15) is 0 Å². The van der Waals surface area contributed by atoms with Gasteiger partial charge >= 0.3 is 0 Å². The minimum atomic E-state index is 0.182. The first kappa shape index (κ1) is 13.4. The van der Waals surface area contributed by atoms with Gasteiger partial charge < -0.3 is 4.74 Å². The summed E-state index contributed by atoms with van der Waals surface area (Å²) in [6.45, 7) is 1.89. The van der Waals surface area contributed by atoms with Crippen LogP contribution in [0.25, 0.3) is 0 Å². The summed E-state index contributed by atoms with van der Waals surface area (Å²) in [6.07, 6.45) is 1.33. The van der Waals surface area contributed by atoms with Crippen molar-refractivity contribution in [3.8, 4) is 11.6 Å². The number of aromatic nitrogens is 2. The lowest BCUT2D eigenvalue weighted by Gasteiger charge is -2.11. The second-order valence-electron chi connectivity index (χ2n) is 3.59. The molecule has 0 saturated heterocycles. The highest BCUT2D eigenvalue weighted by Crippen LogP contribution is 2.30. The summed E-state index contributed by atoms with van der Waals surface area (Å²) in [7, 11) is 0. The summed E-state index contributed by atoms with van der Waals surface area (Å²) in [4.78, 5) is 7.89. The molecule has 0 amide bonds. The molecule has 94 valence electrons. The molecule has 0 bridgehead atoms. The average Bonchev–Trinajstić information content (AvgIpc) is 2.33. The summed E-state index contributed by atoms with van der Waals surface area (Å²) in [5.74, 6) is 1.19. The summed E-state index contributed by atoms with van der Waals surface area (Å²) in [5, 5.41) is 0.944. The third-order valence-corrected chi connectivity index (χ3v) is 3.16. The molecule has 1 aromatic carbocycles. The van der Waals surface area contributed by atoms with Crippen LogP contribution in [0.2, 0.25) is 10.2 Å². The Labute approximate surface area is 120 Å². The van der Waals surface area contributed by atoms with Crippen molar-refractivity contribution in [2.24, 2.45) is 0 Å². The zero-order valence-corrected chi connectivity index (χ0v) is 11.7. The van der Waals surface area contributed by atoms with Gasteiger partial charge in [-0.05, 0) is 30.7 Å². The average molecular weight is 304 g/mol. The molecule has 1 heterocycles. The maximum Gasteiger partial charge on any atom is 0.228 e. The number of rotatable bonds is 3. The quantitative estimate of drug-likeness (QED) is 0.613. The highest BCUT2D eigenvalue weighted by molar-refractivity contribution is 6.31. The number of hydrogen-bond acceptors (Lipinski definition) is 3. The van der Waals surface area contributed by atoms with Crippen LogP contribution >= 0.6 is 34.8 Å². The van der Waals surface area contributed by atoms with Gasteiger partial charge in [0.05, 0.1) is 11.4 Å². The Balaban J connectivity index is 2.37. The number of hydrogen-bond donors (Lipinski definition) is 0.